The van der Waals surface area contributed by atoms with Gasteiger partial charge in [-0.15, -0.1) is 0 Å². The fraction of sp³-hybridized carbons (Fsp3) is 0.833. The molecule has 1 unspecified atom stereocenters. The van der Waals surface area contributed by atoms with Crippen LogP contribution in [0.3, 0.4) is 0 Å². The quantitative estimate of drug-likeness (QED) is 0.337. The molecule has 0 spiro atoms. The number of hydrogen-bond acceptors (Lipinski definition) is 0. The van der Waals surface area contributed by atoms with Crippen molar-refractivity contribution in [3.8, 4) is 0 Å². The maximum atomic E-state index is 14.6. The predicted molar refractivity (Wildman–Crippen MR) is 56.5 cm³/mol. The van der Waals surface area contributed by atoms with Crippen LogP contribution in [0.5, 0.6) is 0 Å². The first-order valence-electron chi connectivity index (χ1n) is 7.03. The molecule has 0 radical (unpaired) electrons. The van der Waals surface area contributed by atoms with E-state index in [1.54, 1.807) is 0 Å². The second kappa shape index (κ2) is 5.69. The van der Waals surface area contributed by atoms with E-state index in [-0.39, 0.29) is 0 Å². The van der Waals surface area contributed by atoms with Crippen LogP contribution in [0, 0.1) is 0 Å². The monoisotopic (exact) mass is 524 g/mol. The molecule has 1 saturated carbocycles. The second-order valence-electron chi connectivity index (χ2n) is 6.54. The van der Waals surface area contributed by atoms with E-state index in [2.05, 4.69) is 0 Å². The molecule has 0 nitrogen and oxygen atoms in total. The highest BCUT2D eigenvalue weighted by molar-refractivity contribution is 5.45. The number of allylic oxidation sites excluding steroid dienone is 2. The van der Waals surface area contributed by atoms with E-state index in [4.69, 9.17) is 0 Å². The van der Waals surface area contributed by atoms with Crippen molar-refractivity contribution in [3.05, 3.63) is 11.7 Å². The van der Waals surface area contributed by atoms with Crippen molar-refractivity contribution in [1.29, 1.82) is 0 Å². The molecule has 2 rings (SSSR count). The van der Waals surface area contributed by atoms with Crippen molar-refractivity contribution < 1.29 is 87.8 Å². The smallest absolute Gasteiger partial charge is 0.225 e. The largest absolute Gasteiger partial charge is 0.384 e. The van der Waals surface area contributed by atoms with Crippen LogP contribution in [-0.4, -0.2) is 58.7 Å². The Morgan fingerprint density at radius 1 is 0.312 bits per heavy atom. The summed E-state index contributed by atoms with van der Waals surface area (Å²) in [5.41, 5.74) is -17.5. The Morgan fingerprint density at radius 3 is 0.906 bits per heavy atom. The van der Waals surface area contributed by atoms with E-state index in [0.29, 0.717) is 0 Å². The van der Waals surface area contributed by atoms with Crippen LogP contribution in [0.4, 0.5) is 87.8 Å². The van der Waals surface area contributed by atoms with Crippen LogP contribution < -0.4 is 0 Å². The van der Waals surface area contributed by atoms with Gasteiger partial charge in [0.25, 0.3) is 11.3 Å². The van der Waals surface area contributed by atoms with Crippen molar-refractivity contribution in [2.24, 2.45) is 0 Å². The molecule has 0 bridgehead atoms. The molecule has 2 aliphatic rings. The molecular formula is C12F20. The third-order valence-corrected chi connectivity index (χ3v) is 4.91. The zero-order valence-corrected chi connectivity index (χ0v) is 13.6. The zero-order chi connectivity index (χ0) is 26.2. The average molecular weight is 524 g/mol. The number of alkyl halides is 18. The summed E-state index contributed by atoms with van der Waals surface area (Å²) >= 11 is 0. The van der Waals surface area contributed by atoms with Crippen LogP contribution in [0.15, 0.2) is 11.7 Å². The molecule has 0 amide bonds. The van der Waals surface area contributed by atoms with Crippen LogP contribution in [-0.2, 0) is 0 Å². The second-order valence-corrected chi connectivity index (χ2v) is 6.54. The Labute approximate surface area is 159 Å². The predicted octanol–water partition coefficient (Wildman–Crippen LogP) is 6.66. The first-order chi connectivity index (χ1) is 13.6. The van der Waals surface area contributed by atoms with Gasteiger partial charge in [0.1, 0.15) is 0 Å². The lowest BCUT2D eigenvalue weighted by Gasteiger charge is -2.58. The van der Waals surface area contributed by atoms with Gasteiger partial charge in [0, 0.05) is 0 Å². The number of rotatable bonds is 1. The van der Waals surface area contributed by atoms with Gasteiger partial charge in [0.2, 0.25) is 5.83 Å². The zero-order valence-electron chi connectivity index (χ0n) is 13.6. The summed E-state index contributed by atoms with van der Waals surface area (Å²) in [6.45, 7) is 0. The number of halogens is 20. The van der Waals surface area contributed by atoms with Gasteiger partial charge in [-0.1, -0.05) is 0 Å². The molecule has 0 heterocycles. The van der Waals surface area contributed by atoms with Crippen molar-refractivity contribution in [2.45, 2.75) is 58.7 Å². The van der Waals surface area contributed by atoms with E-state index >= 15 is 0 Å². The standard InChI is InChI=1S/C12F20/c13-1-2(14)4(16,17)7(21,22)6(19,20)3(1,15)5(18)8(23,24)10(27,28)12(31,32)11(29,30)9(5,25)26. The molecule has 20 heteroatoms. The summed E-state index contributed by atoms with van der Waals surface area (Å²) in [5.74, 6) is -76.9. The highest BCUT2D eigenvalue weighted by Crippen LogP contribution is 2.77. The van der Waals surface area contributed by atoms with Gasteiger partial charge in [0.15, 0.2) is 5.83 Å². The Kier molecular flexibility index (Phi) is 4.73. The van der Waals surface area contributed by atoms with E-state index < -0.39 is 70.4 Å². The minimum atomic E-state index is -8.94. The third-order valence-electron chi connectivity index (χ3n) is 4.91. The van der Waals surface area contributed by atoms with Crippen LogP contribution in [0.1, 0.15) is 0 Å². The maximum Gasteiger partial charge on any atom is 0.384 e. The van der Waals surface area contributed by atoms with E-state index in [9.17, 15) is 87.8 Å². The van der Waals surface area contributed by atoms with Crippen LogP contribution in [0.2, 0.25) is 0 Å². The molecule has 0 aliphatic heterocycles. The summed E-state index contributed by atoms with van der Waals surface area (Å²) < 4.78 is 270. The van der Waals surface area contributed by atoms with Crippen molar-refractivity contribution >= 4 is 0 Å². The summed E-state index contributed by atoms with van der Waals surface area (Å²) in [6.07, 6.45) is 0. The summed E-state index contributed by atoms with van der Waals surface area (Å²) in [6, 6.07) is 0. The van der Waals surface area contributed by atoms with E-state index in [1.165, 1.54) is 0 Å². The van der Waals surface area contributed by atoms with Crippen molar-refractivity contribution in [1.82, 2.24) is 0 Å². The fourth-order valence-corrected chi connectivity index (χ4v) is 3.00. The first kappa shape index (κ1) is 26.6. The van der Waals surface area contributed by atoms with Crippen LogP contribution in [0.25, 0.3) is 0 Å². The highest BCUT2D eigenvalue weighted by Gasteiger charge is 3.08. The molecule has 2 aliphatic carbocycles. The Morgan fingerprint density at radius 2 is 0.594 bits per heavy atom. The lowest BCUT2D eigenvalue weighted by Crippen LogP contribution is -2.91. The normalized spacial score (nSPS) is 37.1. The van der Waals surface area contributed by atoms with Crippen molar-refractivity contribution in [3.63, 3.8) is 0 Å². The van der Waals surface area contributed by atoms with E-state index in [0.717, 1.165) is 0 Å². The molecule has 0 saturated heterocycles. The van der Waals surface area contributed by atoms with Gasteiger partial charge < -0.3 is 0 Å². The molecule has 0 aromatic carbocycles. The van der Waals surface area contributed by atoms with Crippen molar-refractivity contribution in [2.75, 3.05) is 0 Å². The van der Waals surface area contributed by atoms with Gasteiger partial charge >= 0.3 is 47.4 Å². The molecule has 0 N–H and O–H groups in total. The first-order valence-corrected chi connectivity index (χ1v) is 7.03. The minimum Gasteiger partial charge on any atom is -0.225 e. The Hall–Kier alpha value is -1.66. The maximum absolute atomic E-state index is 14.6. The molecule has 1 atom stereocenters. The summed E-state index contributed by atoms with van der Waals surface area (Å²) in [4.78, 5) is 0. The lowest BCUT2D eigenvalue weighted by atomic mass is 9.60. The average Bonchev–Trinajstić information content (AvgIpc) is 2.62. The molecule has 0 aromatic heterocycles. The summed E-state index contributed by atoms with van der Waals surface area (Å²) in [5, 5.41) is 0. The highest BCUT2D eigenvalue weighted by atomic mass is 19.4. The summed E-state index contributed by atoms with van der Waals surface area (Å²) in [7, 11) is 0. The van der Waals surface area contributed by atoms with E-state index in [1.807, 2.05) is 0 Å². The topological polar surface area (TPSA) is 0 Å². The molecule has 0 aromatic rings. The number of hydrogen-bond donors (Lipinski definition) is 0. The molecule has 1 fully saturated rings. The Bertz CT molecular complexity index is 832. The Balaban J connectivity index is 3.22. The van der Waals surface area contributed by atoms with Gasteiger partial charge in [-0.05, 0) is 0 Å². The van der Waals surface area contributed by atoms with Gasteiger partial charge in [0.05, 0.1) is 0 Å². The third kappa shape index (κ3) is 1.95. The lowest BCUT2D eigenvalue weighted by molar-refractivity contribution is -0.510. The van der Waals surface area contributed by atoms with Gasteiger partial charge in [-0.2, -0.15) is 70.2 Å². The fourth-order valence-electron chi connectivity index (χ4n) is 3.00. The molecule has 188 valence electrons. The minimum absolute atomic E-state index is 5.08. The van der Waals surface area contributed by atoms with Gasteiger partial charge in [-0.25, -0.2) is 17.6 Å². The van der Waals surface area contributed by atoms with Gasteiger partial charge in [-0.3, -0.25) is 0 Å². The molecular weight excluding hydrogens is 524 g/mol. The SMILES string of the molecule is FC1=C(F)C(F)(C2(F)C(F)(F)C(F)(F)C(F)(F)C(F)(F)C2(F)F)C(F)(F)C(F)(F)C1(F)F. The van der Waals surface area contributed by atoms with Crippen LogP contribution >= 0.6 is 0 Å². The molecule has 32 heavy (non-hydrogen) atoms.